The highest BCUT2D eigenvalue weighted by molar-refractivity contribution is 14.0. The van der Waals surface area contributed by atoms with Gasteiger partial charge < -0.3 is 10.6 Å². The molecule has 2 aromatic carbocycles. The summed E-state index contributed by atoms with van der Waals surface area (Å²) in [5.74, 6) is 0.773. The predicted molar refractivity (Wildman–Crippen MR) is 121 cm³/mol. The summed E-state index contributed by atoms with van der Waals surface area (Å²) in [5.41, 5.74) is 4.67. The van der Waals surface area contributed by atoms with Crippen molar-refractivity contribution in [2.75, 3.05) is 7.05 Å². The van der Waals surface area contributed by atoms with E-state index in [0.29, 0.717) is 6.54 Å². The maximum atomic E-state index is 4.69. The Morgan fingerprint density at radius 1 is 1.00 bits per heavy atom. The van der Waals surface area contributed by atoms with E-state index in [1.807, 2.05) is 18.2 Å². The van der Waals surface area contributed by atoms with Gasteiger partial charge in [0.1, 0.15) is 5.01 Å². The third kappa shape index (κ3) is 5.81. The molecule has 2 N–H and O–H groups in total. The van der Waals surface area contributed by atoms with Gasteiger partial charge in [-0.1, -0.05) is 60.2 Å². The molecule has 1 aromatic heterocycles. The van der Waals surface area contributed by atoms with E-state index in [-0.39, 0.29) is 24.0 Å². The molecule has 0 aliphatic heterocycles. The van der Waals surface area contributed by atoms with Gasteiger partial charge >= 0.3 is 0 Å². The Morgan fingerprint density at radius 3 is 2.38 bits per heavy atom. The zero-order valence-electron chi connectivity index (χ0n) is 14.9. The van der Waals surface area contributed by atoms with Crippen LogP contribution in [0.3, 0.4) is 0 Å². The molecule has 0 spiro atoms. The molecule has 0 aliphatic rings. The van der Waals surface area contributed by atoms with Crippen molar-refractivity contribution in [1.82, 2.24) is 15.6 Å². The number of halogens is 1. The highest BCUT2D eigenvalue weighted by atomic mass is 127. The molecular weight excluding hydrogens is 455 g/mol. The topological polar surface area (TPSA) is 49.3 Å². The van der Waals surface area contributed by atoms with Crippen molar-refractivity contribution in [3.8, 4) is 10.6 Å². The van der Waals surface area contributed by atoms with Crippen LogP contribution in [-0.2, 0) is 13.1 Å². The van der Waals surface area contributed by atoms with E-state index in [0.717, 1.165) is 28.8 Å². The minimum Gasteiger partial charge on any atom is -0.352 e. The van der Waals surface area contributed by atoms with Gasteiger partial charge in [0.25, 0.3) is 0 Å². The number of nitrogens with zero attached hydrogens (tertiary/aromatic N) is 2. The van der Waals surface area contributed by atoms with Crippen LogP contribution < -0.4 is 10.6 Å². The first-order chi connectivity index (χ1) is 12.2. The van der Waals surface area contributed by atoms with Crippen molar-refractivity contribution >= 4 is 41.3 Å². The quantitative estimate of drug-likeness (QED) is 0.320. The zero-order chi connectivity index (χ0) is 17.5. The Kier molecular flexibility index (Phi) is 8.06. The lowest BCUT2D eigenvalue weighted by molar-refractivity contribution is 0.798. The molecular formula is C20H23IN4S. The summed E-state index contributed by atoms with van der Waals surface area (Å²) in [7, 11) is 1.78. The van der Waals surface area contributed by atoms with E-state index in [4.69, 9.17) is 0 Å². The predicted octanol–water partition coefficient (Wildman–Crippen LogP) is 4.60. The third-order valence-electron chi connectivity index (χ3n) is 3.81. The summed E-state index contributed by atoms with van der Waals surface area (Å²) in [5, 5.41) is 9.77. The second kappa shape index (κ2) is 10.3. The van der Waals surface area contributed by atoms with Gasteiger partial charge in [0.05, 0.1) is 12.2 Å². The maximum absolute atomic E-state index is 4.69. The summed E-state index contributed by atoms with van der Waals surface area (Å²) in [6.07, 6.45) is 0. The highest BCUT2D eigenvalue weighted by Crippen LogP contribution is 2.23. The van der Waals surface area contributed by atoms with Gasteiger partial charge in [-0.15, -0.1) is 35.3 Å². The summed E-state index contributed by atoms with van der Waals surface area (Å²) in [4.78, 5) is 8.96. The van der Waals surface area contributed by atoms with Crippen LogP contribution in [-0.4, -0.2) is 18.0 Å². The highest BCUT2D eigenvalue weighted by Gasteiger charge is 2.05. The Balaban J connectivity index is 0.00000243. The molecule has 4 nitrogen and oxygen atoms in total. The SMILES string of the molecule is CN=C(NCc1ccc(C)cc1)NCc1csc(-c2ccccc2)n1.I. The van der Waals surface area contributed by atoms with Crippen molar-refractivity contribution in [2.24, 2.45) is 4.99 Å². The van der Waals surface area contributed by atoms with Crippen LogP contribution in [0.2, 0.25) is 0 Å². The molecule has 136 valence electrons. The van der Waals surface area contributed by atoms with Crippen LogP contribution in [0.5, 0.6) is 0 Å². The fourth-order valence-electron chi connectivity index (χ4n) is 2.39. The van der Waals surface area contributed by atoms with Crippen molar-refractivity contribution < 1.29 is 0 Å². The Hall–Kier alpha value is -1.93. The first kappa shape index (κ1) is 20.4. The molecule has 0 unspecified atom stereocenters. The van der Waals surface area contributed by atoms with E-state index >= 15 is 0 Å². The van der Waals surface area contributed by atoms with Crippen molar-refractivity contribution in [3.05, 3.63) is 76.8 Å². The van der Waals surface area contributed by atoms with Crippen LogP contribution in [0.1, 0.15) is 16.8 Å². The summed E-state index contributed by atoms with van der Waals surface area (Å²) in [6.45, 7) is 3.48. The minimum absolute atomic E-state index is 0. The smallest absolute Gasteiger partial charge is 0.191 e. The molecule has 1 heterocycles. The van der Waals surface area contributed by atoms with Gasteiger partial charge in [-0.05, 0) is 12.5 Å². The van der Waals surface area contributed by atoms with Gasteiger partial charge in [0.15, 0.2) is 5.96 Å². The van der Waals surface area contributed by atoms with Crippen LogP contribution in [0.4, 0.5) is 0 Å². The standard InChI is InChI=1S/C20H22N4S.HI/c1-15-8-10-16(11-9-15)12-22-20(21-2)23-13-18-14-25-19(24-18)17-6-4-3-5-7-17;/h3-11,14H,12-13H2,1-2H3,(H2,21,22,23);1H. The largest absolute Gasteiger partial charge is 0.352 e. The molecule has 3 aromatic rings. The molecule has 0 aliphatic carbocycles. The number of guanidine groups is 1. The summed E-state index contributed by atoms with van der Waals surface area (Å²) >= 11 is 1.66. The number of benzene rings is 2. The van der Waals surface area contributed by atoms with Gasteiger partial charge in [0, 0.05) is 24.5 Å². The van der Waals surface area contributed by atoms with Gasteiger partial charge in [-0.2, -0.15) is 0 Å². The summed E-state index contributed by atoms with van der Waals surface area (Å²) < 4.78 is 0. The van der Waals surface area contributed by atoms with Crippen LogP contribution in [0, 0.1) is 6.92 Å². The fraction of sp³-hybridized carbons (Fsp3) is 0.200. The molecule has 0 saturated heterocycles. The fourth-order valence-corrected chi connectivity index (χ4v) is 3.21. The molecule has 0 amide bonds. The Bertz CT molecular complexity index is 829. The molecule has 0 fully saturated rings. The van der Waals surface area contributed by atoms with E-state index in [9.17, 15) is 0 Å². The minimum atomic E-state index is 0. The first-order valence-electron chi connectivity index (χ1n) is 8.24. The van der Waals surface area contributed by atoms with Gasteiger partial charge in [-0.25, -0.2) is 4.98 Å². The lowest BCUT2D eigenvalue weighted by Gasteiger charge is -2.11. The number of aliphatic imine (C=N–C) groups is 1. The van der Waals surface area contributed by atoms with E-state index in [1.165, 1.54) is 11.1 Å². The number of nitrogens with one attached hydrogen (secondary N) is 2. The van der Waals surface area contributed by atoms with Crippen LogP contribution in [0.25, 0.3) is 10.6 Å². The number of aromatic nitrogens is 1. The molecule has 0 radical (unpaired) electrons. The second-order valence-corrected chi connectivity index (χ2v) is 6.63. The summed E-state index contributed by atoms with van der Waals surface area (Å²) in [6, 6.07) is 18.7. The van der Waals surface area contributed by atoms with Crippen molar-refractivity contribution in [2.45, 2.75) is 20.0 Å². The van der Waals surface area contributed by atoms with Crippen LogP contribution in [0.15, 0.2) is 65.0 Å². The van der Waals surface area contributed by atoms with E-state index < -0.39 is 0 Å². The lowest BCUT2D eigenvalue weighted by atomic mass is 10.1. The van der Waals surface area contributed by atoms with Crippen molar-refractivity contribution in [3.63, 3.8) is 0 Å². The molecule has 0 bridgehead atoms. The monoisotopic (exact) mass is 478 g/mol. The Morgan fingerprint density at radius 2 is 1.69 bits per heavy atom. The number of rotatable bonds is 5. The van der Waals surface area contributed by atoms with Crippen LogP contribution >= 0.6 is 35.3 Å². The maximum Gasteiger partial charge on any atom is 0.191 e. The lowest BCUT2D eigenvalue weighted by Crippen LogP contribution is -2.36. The average Bonchev–Trinajstić information content (AvgIpc) is 3.13. The number of aryl methyl sites for hydroxylation is 1. The molecule has 26 heavy (non-hydrogen) atoms. The van der Waals surface area contributed by atoms with Crippen molar-refractivity contribution in [1.29, 1.82) is 0 Å². The zero-order valence-corrected chi connectivity index (χ0v) is 18.0. The molecule has 6 heteroatoms. The van der Waals surface area contributed by atoms with E-state index in [1.54, 1.807) is 18.4 Å². The third-order valence-corrected chi connectivity index (χ3v) is 4.75. The second-order valence-electron chi connectivity index (χ2n) is 5.77. The Labute approximate surface area is 175 Å². The van der Waals surface area contributed by atoms with E-state index in [2.05, 4.69) is 69.3 Å². The average molecular weight is 478 g/mol. The first-order valence-corrected chi connectivity index (χ1v) is 9.12. The molecule has 0 saturated carbocycles. The van der Waals surface area contributed by atoms with Gasteiger partial charge in [-0.3, -0.25) is 4.99 Å². The molecule has 3 rings (SSSR count). The molecule has 0 atom stereocenters. The normalized spacial score (nSPS) is 10.9. The number of hydrogen-bond acceptors (Lipinski definition) is 3. The number of thiazole rings is 1. The number of hydrogen-bond donors (Lipinski definition) is 2. The van der Waals surface area contributed by atoms with Gasteiger partial charge in [0.2, 0.25) is 0 Å².